The first-order valence-corrected chi connectivity index (χ1v) is 6.64. The van der Waals surface area contributed by atoms with Gasteiger partial charge in [0.05, 0.1) is 30.3 Å². The number of carbonyl (C=O) groups is 2. The standard InChI is InChI=1S/C14H17F3N2O3/c1-2-9(8-20)19-12(21)7-18-13(22)10-5-3-4-6-11(10)14(15,16)17/h3-6,9,20H,2,7-8H2,1H3,(H,18,22)(H,19,21). The zero-order valence-corrected chi connectivity index (χ0v) is 11.9. The third-order valence-corrected chi connectivity index (χ3v) is 2.96. The molecular formula is C14H17F3N2O3. The molecule has 1 aromatic carbocycles. The highest BCUT2D eigenvalue weighted by molar-refractivity contribution is 5.97. The molecular weight excluding hydrogens is 301 g/mol. The van der Waals surface area contributed by atoms with Crippen molar-refractivity contribution in [1.82, 2.24) is 10.6 Å². The third kappa shape index (κ3) is 5.03. The van der Waals surface area contributed by atoms with Gasteiger partial charge in [-0.1, -0.05) is 19.1 Å². The number of nitrogens with one attached hydrogen (secondary N) is 2. The van der Waals surface area contributed by atoms with Crippen LogP contribution in [0.3, 0.4) is 0 Å². The van der Waals surface area contributed by atoms with Crippen LogP contribution in [0.1, 0.15) is 29.3 Å². The summed E-state index contributed by atoms with van der Waals surface area (Å²) in [5.41, 5.74) is -1.60. The number of carbonyl (C=O) groups excluding carboxylic acids is 2. The summed E-state index contributed by atoms with van der Waals surface area (Å²) in [4.78, 5) is 23.3. The molecule has 1 atom stereocenters. The van der Waals surface area contributed by atoms with Crippen molar-refractivity contribution in [2.24, 2.45) is 0 Å². The summed E-state index contributed by atoms with van der Waals surface area (Å²) in [6.07, 6.45) is -4.16. The molecule has 0 aliphatic rings. The fourth-order valence-electron chi connectivity index (χ4n) is 1.74. The van der Waals surface area contributed by atoms with E-state index in [0.717, 1.165) is 12.1 Å². The number of hydrogen-bond acceptors (Lipinski definition) is 3. The first kappa shape index (κ1) is 18.0. The van der Waals surface area contributed by atoms with Crippen LogP contribution in [0.5, 0.6) is 0 Å². The smallest absolute Gasteiger partial charge is 0.394 e. The summed E-state index contributed by atoms with van der Waals surface area (Å²) in [6, 6.07) is 3.88. The molecule has 0 aliphatic carbocycles. The molecule has 122 valence electrons. The topological polar surface area (TPSA) is 78.4 Å². The maximum atomic E-state index is 12.8. The highest BCUT2D eigenvalue weighted by Gasteiger charge is 2.34. The Hall–Kier alpha value is -2.09. The normalized spacial score (nSPS) is 12.6. The minimum atomic E-state index is -4.65. The van der Waals surface area contributed by atoms with E-state index in [-0.39, 0.29) is 6.61 Å². The van der Waals surface area contributed by atoms with Gasteiger partial charge in [-0.15, -0.1) is 0 Å². The molecule has 0 fully saturated rings. The van der Waals surface area contributed by atoms with Crippen LogP contribution in [-0.4, -0.2) is 36.1 Å². The van der Waals surface area contributed by atoms with Gasteiger partial charge in [-0.05, 0) is 18.6 Å². The van der Waals surface area contributed by atoms with Crippen molar-refractivity contribution in [3.63, 3.8) is 0 Å². The predicted octanol–water partition coefficient (Wildman–Crippen LogP) is 1.32. The number of amides is 2. The number of benzene rings is 1. The minimum Gasteiger partial charge on any atom is -0.394 e. The largest absolute Gasteiger partial charge is 0.417 e. The Balaban J connectivity index is 2.69. The molecule has 0 aromatic heterocycles. The van der Waals surface area contributed by atoms with Crippen LogP contribution in [0, 0.1) is 0 Å². The highest BCUT2D eigenvalue weighted by atomic mass is 19.4. The molecule has 0 aliphatic heterocycles. The van der Waals surface area contributed by atoms with Crippen LogP contribution >= 0.6 is 0 Å². The minimum absolute atomic E-state index is 0.257. The fourth-order valence-corrected chi connectivity index (χ4v) is 1.74. The Morgan fingerprint density at radius 2 is 1.91 bits per heavy atom. The van der Waals surface area contributed by atoms with Crippen LogP contribution in [0.25, 0.3) is 0 Å². The average molecular weight is 318 g/mol. The number of alkyl halides is 3. The van der Waals surface area contributed by atoms with Gasteiger partial charge in [0.1, 0.15) is 0 Å². The maximum Gasteiger partial charge on any atom is 0.417 e. The zero-order chi connectivity index (χ0) is 16.8. The van der Waals surface area contributed by atoms with Crippen molar-refractivity contribution in [2.45, 2.75) is 25.6 Å². The molecule has 0 spiro atoms. The van der Waals surface area contributed by atoms with E-state index in [0.29, 0.717) is 6.42 Å². The molecule has 22 heavy (non-hydrogen) atoms. The lowest BCUT2D eigenvalue weighted by Gasteiger charge is -2.15. The van der Waals surface area contributed by atoms with Gasteiger partial charge < -0.3 is 15.7 Å². The Morgan fingerprint density at radius 1 is 1.27 bits per heavy atom. The quantitative estimate of drug-likeness (QED) is 0.740. The van der Waals surface area contributed by atoms with E-state index in [1.54, 1.807) is 6.92 Å². The molecule has 0 saturated carbocycles. The summed E-state index contributed by atoms with van der Waals surface area (Å²) in [5, 5.41) is 13.5. The Bertz CT molecular complexity index is 528. The second kappa shape index (κ2) is 7.79. The molecule has 8 heteroatoms. The van der Waals surface area contributed by atoms with Crippen LogP contribution < -0.4 is 10.6 Å². The van der Waals surface area contributed by atoms with Crippen molar-refractivity contribution < 1.29 is 27.9 Å². The van der Waals surface area contributed by atoms with Crippen molar-refractivity contribution in [3.05, 3.63) is 35.4 Å². The van der Waals surface area contributed by atoms with E-state index < -0.39 is 41.7 Å². The number of aliphatic hydroxyl groups excluding tert-OH is 1. The number of aliphatic hydroxyl groups is 1. The van der Waals surface area contributed by atoms with Gasteiger partial charge in [0.2, 0.25) is 5.91 Å². The van der Waals surface area contributed by atoms with E-state index >= 15 is 0 Å². The van der Waals surface area contributed by atoms with Crippen LogP contribution in [0.2, 0.25) is 0 Å². The number of halogens is 3. The van der Waals surface area contributed by atoms with E-state index in [9.17, 15) is 22.8 Å². The van der Waals surface area contributed by atoms with Gasteiger partial charge >= 0.3 is 6.18 Å². The molecule has 3 N–H and O–H groups in total. The molecule has 1 unspecified atom stereocenters. The third-order valence-electron chi connectivity index (χ3n) is 2.96. The first-order valence-electron chi connectivity index (χ1n) is 6.64. The van der Waals surface area contributed by atoms with Gasteiger partial charge in [0.25, 0.3) is 5.91 Å². The zero-order valence-electron chi connectivity index (χ0n) is 11.9. The monoisotopic (exact) mass is 318 g/mol. The second-order valence-electron chi connectivity index (χ2n) is 4.58. The predicted molar refractivity (Wildman–Crippen MR) is 73.1 cm³/mol. The van der Waals surface area contributed by atoms with Crippen molar-refractivity contribution >= 4 is 11.8 Å². The molecule has 0 heterocycles. The SMILES string of the molecule is CCC(CO)NC(=O)CNC(=O)c1ccccc1C(F)(F)F. The molecule has 1 aromatic rings. The summed E-state index contributed by atoms with van der Waals surface area (Å²) in [5.74, 6) is -1.57. The molecule has 1 rings (SSSR count). The van der Waals surface area contributed by atoms with Crippen LogP contribution in [0.15, 0.2) is 24.3 Å². The molecule has 0 saturated heterocycles. The van der Waals surface area contributed by atoms with Crippen molar-refractivity contribution in [2.75, 3.05) is 13.2 Å². The van der Waals surface area contributed by atoms with Crippen LogP contribution in [-0.2, 0) is 11.0 Å². The second-order valence-corrected chi connectivity index (χ2v) is 4.58. The van der Waals surface area contributed by atoms with E-state index in [4.69, 9.17) is 5.11 Å². The van der Waals surface area contributed by atoms with Gasteiger partial charge in [0, 0.05) is 0 Å². The lowest BCUT2D eigenvalue weighted by Crippen LogP contribution is -2.43. The molecule has 5 nitrogen and oxygen atoms in total. The van der Waals surface area contributed by atoms with E-state index in [1.807, 2.05) is 0 Å². The Labute approximate surface area is 125 Å². The van der Waals surface area contributed by atoms with Gasteiger partial charge in [-0.25, -0.2) is 0 Å². The lowest BCUT2D eigenvalue weighted by molar-refractivity contribution is -0.137. The Morgan fingerprint density at radius 3 is 2.45 bits per heavy atom. The number of hydrogen-bond donors (Lipinski definition) is 3. The van der Waals surface area contributed by atoms with Crippen molar-refractivity contribution in [3.8, 4) is 0 Å². The fraction of sp³-hybridized carbons (Fsp3) is 0.429. The van der Waals surface area contributed by atoms with Gasteiger partial charge in [0.15, 0.2) is 0 Å². The molecule has 2 amide bonds. The van der Waals surface area contributed by atoms with Gasteiger partial charge in [-0.3, -0.25) is 9.59 Å². The maximum absolute atomic E-state index is 12.8. The first-order chi connectivity index (χ1) is 10.3. The van der Waals surface area contributed by atoms with E-state index in [1.165, 1.54) is 12.1 Å². The molecule has 0 radical (unpaired) electrons. The average Bonchev–Trinajstić information content (AvgIpc) is 2.49. The lowest BCUT2D eigenvalue weighted by atomic mass is 10.1. The van der Waals surface area contributed by atoms with Crippen LogP contribution in [0.4, 0.5) is 13.2 Å². The number of rotatable bonds is 6. The summed E-state index contributed by atoms with van der Waals surface area (Å²) in [7, 11) is 0. The van der Waals surface area contributed by atoms with E-state index in [2.05, 4.69) is 10.6 Å². The molecule has 0 bridgehead atoms. The Kier molecular flexibility index (Phi) is 6.36. The van der Waals surface area contributed by atoms with Gasteiger partial charge in [-0.2, -0.15) is 13.2 Å². The van der Waals surface area contributed by atoms with Crippen molar-refractivity contribution in [1.29, 1.82) is 0 Å². The highest BCUT2D eigenvalue weighted by Crippen LogP contribution is 2.31. The summed E-state index contributed by atoms with van der Waals surface area (Å²) >= 11 is 0. The summed E-state index contributed by atoms with van der Waals surface area (Å²) < 4.78 is 38.4. The summed E-state index contributed by atoms with van der Waals surface area (Å²) in [6.45, 7) is 1.02.